The van der Waals surface area contributed by atoms with Gasteiger partial charge < -0.3 is 19.6 Å². The molecule has 1 amide bonds. The minimum atomic E-state index is 0. The third kappa shape index (κ3) is 7.76. The summed E-state index contributed by atoms with van der Waals surface area (Å²) in [5, 5.41) is 7.42. The Kier molecular flexibility index (Phi) is 10.8. The van der Waals surface area contributed by atoms with Crippen LogP contribution in [0.5, 0.6) is 0 Å². The summed E-state index contributed by atoms with van der Waals surface area (Å²) in [6.07, 6.45) is 6.61. The minimum Gasteiger partial charge on any atom is -0.364 e. The summed E-state index contributed by atoms with van der Waals surface area (Å²) < 4.78 is 4.92. The smallest absolute Gasteiger partial charge is 0.222 e. The first-order valence-corrected chi connectivity index (χ1v) is 10.7. The summed E-state index contributed by atoms with van der Waals surface area (Å²) in [5.74, 6) is 1.31. The van der Waals surface area contributed by atoms with E-state index in [9.17, 15) is 4.79 Å². The molecule has 1 N–H and O–H groups in total. The fourth-order valence-electron chi connectivity index (χ4n) is 3.81. The Hall–Kier alpha value is -1.36. The zero-order valence-corrected chi connectivity index (χ0v) is 19.8. The highest BCUT2D eigenvalue weighted by atomic mass is 127. The van der Waals surface area contributed by atoms with E-state index in [4.69, 9.17) is 9.52 Å². The molecule has 2 fully saturated rings. The standard InChI is InChI=1S/C20H34N6O2.HI/c1-2-21-20(22-9-6-11-25-10-5-3-4-7-19(25)27)26-14-12-24(13-15-26)17-18-8-16-28-23-18;/h8,16H,2-7,9-15,17H2,1H3,(H,21,22);1H. The second-order valence-corrected chi connectivity index (χ2v) is 7.53. The molecule has 1 aromatic rings. The lowest BCUT2D eigenvalue weighted by Gasteiger charge is -2.36. The zero-order valence-electron chi connectivity index (χ0n) is 17.5. The molecule has 0 aromatic carbocycles. The molecule has 29 heavy (non-hydrogen) atoms. The van der Waals surface area contributed by atoms with Crippen molar-refractivity contribution in [2.75, 3.05) is 52.4 Å². The molecule has 164 valence electrons. The molecule has 0 atom stereocenters. The molecule has 2 saturated heterocycles. The van der Waals surface area contributed by atoms with Crippen molar-refractivity contribution < 1.29 is 9.32 Å². The SMILES string of the molecule is CCNC(=NCCCN1CCCCCC1=O)N1CCN(Cc2ccon2)CC1.I. The number of nitrogens with one attached hydrogen (secondary N) is 1. The first-order chi connectivity index (χ1) is 13.8. The van der Waals surface area contributed by atoms with E-state index >= 15 is 0 Å². The van der Waals surface area contributed by atoms with Crippen LogP contribution < -0.4 is 5.32 Å². The molecular formula is C20H35IN6O2. The highest BCUT2D eigenvalue weighted by Crippen LogP contribution is 2.11. The Morgan fingerprint density at radius 2 is 2.03 bits per heavy atom. The predicted octanol–water partition coefficient (Wildman–Crippen LogP) is 2.17. The normalized spacial score (nSPS) is 19.1. The number of aliphatic imine (C=N–C) groups is 1. The van der Waals surface area contributed by atoms with Crippen molar-refractivity contribution in [2.24, 2.45) is 4.99 Å². The van der Waals surface area contributed by atoms with Crippen LogP contribution in [0, 0.1) is 0 Å². The number of amides is 1. The Morgan fingerprint density at radius 1 is 1.21 bits per heavy atom. The van der Waals surface area contributed by atoms with E-state index in [2.05, 4.69) is 27.2 Å². The maximum Gasteiger partial charge on any atom is 0.222 e. The van der Waals surface area contributed by atoms with E-state index in [0.717, 1.165) is 89.8 Å². The van der Waals surface area contributed by atoms with Crippen molar-refractivity contribution in [1.29, 1.82) is 0 Å². The van der Waals surface area contributed by atoms with Crippen LogP contribution in [0.2, 0.25) is 0 Å². The first kappa shape index (κ1) is 23.9. The van der Waals surface area contributed by atoms with Gasteiger partial charge in [0, 0.05) is 71.4 Å². The van der Waals surface area contributed by atoms with Crippen LogP contribution in [-0.2, 0) is 11.3 Å². The molecule has 9 heteroatoms. The molecule has 0 radical (unpaired) electrons. The summed E-state index contributed by atoms with van der Waals surface area (Å²) in [6, 6.07) is 1.92. The average molecular weight is 518 g/mol. The van der Waals surface area contributed by atoms with Crippen LogP contribution in [0.3, 0.4) is 0 Å². The average Bonchev–Trinajstić information content (AvgIpc) is 3.13. The van der Waals surface area contributed by atoms with Crippen LogP contribution in [-0.4, -0.2) is 84.1 Å². The number of carbonyl (C=O) groups is 1. The van der Waals surface area contributed by atoms with Gasteiger partial charge in [-0.15, -0.1) is 24.0 Å². The molecule has 0 spiro atoms. The Bertz CT molecular complexity index is 616. The number of hydrogen-bond donors (Lipinski definition) is 1. The molecule has 0 aliphatic carbocycles. The van der Waals surface area contributed by atoms with Crippen molar-refractivity contribution in [3.63, 3.8) is 0 Å². The Balaban J connectivity index is 0.00000300. The van der Waals surface area contributed by atoms with E-state index in [1.807, 2.05) is 11.0 Å². The minimum absolute atomic E-state index is 0. The number of likely N-dealkylation sites (tertiary alicyclic amines) is 1. The van der Waals surface area contributed by atoms with E-state index in [-0.39, 0.29) is 24.0 Å². The number of halogens is 1. The fraction of sp³-hybridized carbons (Fsp3) is 0.750. The second-order valence-electron chi connectivity index (χ2n) is 7.53. The lowest BCUT2D eigenvalue weighted by molar-refractivity contribution is -0.130. The molecule has 0 unspecified atom stereocenters. The molecule has 3 rings (SSSR count). The number of rotatable bonds is 7. The Morgan fingerprint density at radius 3 is 2.76 bits per heavy atom. The van der Waals surface area contributed by atoms with Crippen molar-refractivity contribution in [3.05, 3.63) is 18.0 Å². The predicted molar refractivity (Wildman–Crippen MR) is 124 cm³/mol. The highest BCUT2D eigenvalue weighted by molar-refractivity contribution is 14.0. The molecule has 2 aliphatic rings. The van der Waals surface area contributed by atoms with Crippen LogP contribution in [0.15, 0.2) is 21.8 Å². The number of aromatic nitrogens is 1. The largest absolute Gasteiger partial charge is 0.364 e. The lowest BCUT2D eigenvalue weighted by atomic mass is 10.2. The molecule has 1 aromatic heterocycles. The second kappa shape index (κ2) is 13.0. The lowest BCUT2D eigenvalue weighted by Crippen LogP contribution is -2.52. The number of guanidine groups is 1. The monoisotopic (exact) mass is 518 g/mol. The van der Waals surface area contributed by atoms with Gasteiger partial charge >= 0.3 is 0 Å². The van der Waals surface area contributed by atoms with Gasteiger partial charge in [-0.1, -0.05) is 11.6 Å². The molecule has 0 saturated carbocycles. The van der Waals surface area contributed by atoms with Crippen LogP contribution in [0.1, 0.15) is 44.7 Å². The first-order valence-electron chi connectivity index (χ1n) is 10.7. The van der Waals surface area contributed by atoms with Gasteiger partial charge in [0.1, 0.15) is 6.26 Å². The molecule has 2 aliphatic heterocycles. The van der Waals surface area contributed by atoms with Gasteiger partial charge in [0.25, 0.3) is 0 Å². The number of piperazine rings is 1. The number of hydrogen-bond acceptors (Lipinski definition) is 5. The van der Waals surface area contributed by atoms with Crippen LogP contribution in [0.25, 0.3) is 0 Å². The number of carbonyl (C=O) groups excluding carboxylic acids is 1. The third-order valence-electron chi connectivity index (χ3n) is 5.40. The van der Waals surface area contributed by atoms with Crippen LogP contribution >= 0.6 is 24.0 Å². The van der Waals surface area contributed by atoms with Gasteiger partial charge in [0.15, 0.2) is 5.96 Å². The van der Waals surface area contributed by atoms with E-state index in [0.29, 0.717) is 12.3 Å². The summed E-state index contributed by atoms with van der Waals surface area (Å²) in [4.78, 5) is 23.7. The summed E-state index contributed by atoms with van der Waals surface area (Å²) >= 11 is 0. The van der Waals surface area contributed by atoms with Gasteiger partial charge in [-0.25, -0.2) is 0 Å². The summed E-state index contributed by atoms with van der Waals surface area (Å²) in [5.41, 5.74) is 0.983. The number of nitrogens with zero attached hydrogens (tertiary/aromatic N) is 5. The van der Waals surface area contributed by atoms with E-state index in [1.165, 1.54) is 6.42 Å². The van der Waals surface area contributed by atoms with Crippen molar-refractivity contribution in [2.45, 2.75) is 45.6 Å². The highest BCUT2D eigenvalue weighted by Gasteiger charge is 2.20. The maximum atomic E-state index is 12.1. The van der Waals surface area contributed by atoms with Crippen molar-refractivity contribution in [3.8, 4) is 0 Å². The van der Waals surface area contributed by atoms with Gasteiger partial charge in [-0.05, 0) is 26.2 Å². The van der Waals surface area contributed by atoms with E-state index < -0.39 is 0 Å². The van der Waals surface area contributed by atoms with Gasteiger partial charge in [0.2, 0.25) is 5.91 Å². The zero-order chi connectivity index (χ0) is 19.6. The molecule has 3 heterocycles. The maximum absolute atomic E-state index is 12.1. The molecule has 8 nitrogen and oxygen atoms in total. The fourth-order valence-corrected chi connectivity index (χ4v) is 3.81. The molecular weight excluding hydrogens is 483 g/mol. The molecule has 0 bridgehead atoms. The Labute approximate surface area is 191 Å². The van der Waals surface area contributed by atoms with Crippen LogP contribution in [0.4, 0.5) is 0 Å². The summed E-state index contributed by atoms with van der Waals surface area (Å²) in [6.45, 7) is 10.2. The van der Waals surface area contributed by atoms with Gasteiger partial charge in [0.05, 0.1) is 5.69 Å². The van der Waals surface area contributed by atoms with Gasteiger partial charge in [-0.2, -0.15) is 0 Å². The van der Waals surface area contributed by atoms with Crippen molar-refractivity contribution >= 4 is 35.8 Å². The third-order valence-corrected chi connectivity index (χ3v) is 5.40. The van der Waals surface area contributed by atoms with Gasteiger partial charge in [-0.3, -0.25) is 14.7 Å². The topological polar surface area (TPSA) is 77.2 Å². The van der Waals surface area contributed by atoms with E-state index in [1.54, 1.807) is 6.26 Å². The quantitative estimate of drug-likeness (QED) is 0.258. The summed E-state index contributed by atoms with van der Waals surface area (Å²) in [7, 11) is 0. The van der Waals surface area contributed by atoms with Crippen molar-refractivity contribution in [1.82, 2.24) is 25.2 Å².